The fourth-order valence-corrected chi connectivity index (χ4v) is 5.88. The van der Waals surface area contributed by atoms with E-state index in [0.29, 0.717) is 12.5 Å². The third kappa shape index (κ3) is 5.20. The lowest BCUT2D eigenvalue weighted by atomic mass is 10.1. The molecule has 0 aliphatic carbocycles. The molecule has 4 aromatic rings. The van der Waals surface area contributed by atoms with E-state index in [9.17, 15) is 0 Å². The van der Waals surface area contributed by atoms with Crippen LogP contribution in [0.4, 0.5) is 5.95 Å². The molecule has 2 fully saturated rings. The maximum atomic E-state index is 5.98. The van der Waals surface area contributed by atoms with E-state index in [0.717, 1.165) is 65.4 Å². The first-order valence-electron chi connectivity index (χ1n) is 14.0. The van der Waals surface area contributed by atoms with E-state index in [2.05, 4.69) is 64.2 Å². The van der Waals surface area contributed by atoms with E-state index in [-0.39, 0.29) is 12.2 Å². The summed E-state index contributed by atoms with van der Waals surface area (Å²) in [5.41, 5.74) is 6.14. The molecule has 8 heteroatoms. The first kappa shape index (κ1) is 25.1. The van der Waals surface area contributed by atoms with Crippen LogP contribution in [0.15, 0.2) is 42.7 Å². The van der Waals surface area contributed by atoms with Gasteiger partial charge in [-0.2, -0.15) is 0 Å². The molecule has 2 aliphatic rings. The summed E-state index contributed by atoms with van der Waals surface area (Å²) in [6.45, 7) is 12.2. The van der Waals surface area contributed by atoms with Gasteiger partial charge in [0.2, 0.25) is 11.8 Å². The number of piperidine rings is 1. The molecule has 1 aromatic carbocycles. The molecule has 0 N–H and O–H groups in total. The van der Waals surface area contributed by atoms with Gasteiger partial charge in [-0.1, -0.05) is 12.5 Å². The van der Waals surface area contributed by atoms with E-state index in [1.165, 1.54) is 32.4 Å². The van der Waals surface area contributed by atoms with Crippen molar-refractivity contribution in [2.75, 3.05) is 44.2 Å². The predicted molar refractivity (Wildman–Crippen MR) is 151 cm³/mol. The zero-order valence-electron chi connectivity index (χ0n) is 22.8. The highest BCUT2D eigenvalue weighted by Crippen LogP contribution is 2.30. The first-order chi connectivity index (χ1) is 18.5. The summed E-state index contributed by atoms with van der Waals surface area (Å²) < 4.78 is 14.2. The molecule has 5 heterocycles. The summed E-state index contributed by atoms with van der Waals surface area (Å²) in [5.74, 6) is 1.63. The van der Waals surface area contributed by atoms with Gasteiger partial charge in [-0.25, -0.2) is 9.97 Å². The van der Waals surface area contributed by atoms with Crippen LogP contribution in [0, 0.1) is 6.92 Å². The van der Waals surface area contributed by atoms with Crippen LogP contribution in [-0.4, -0.2) is 75.8 Å². The number of rotatable bonds is 7. The molecule has 0 saturated carbocycles. The van der Waals surface area contributed by atoms with Crippen molar-refractivity contribution in [1.82, 2.24) is 24.3 Å². The molecular formula is C30H38N6O2. The van der Waals surface area contributed by atoms with Crippen LogP contribution in [0.5, 0.6) is 5.88 Å². The molecule has 0 radical (unpaired) electrons. The van der Waals surface area contributed by atoms with Crippen molar-refractivity contribution in [3.05, 3.63) is 48.4 Å². The monoisotopic (exact) mass is 514 g/mol. The number of morpholine rings is 1. The minimum atomic E-state index is 0.159. The molecule has 0 unspecified atom stereocenters. The smallest absolute Gasteiger partial charge is 0.213 e. The maximum Gasteiger partial charge on any atom is 0.213 e. The third-order valence-corrected chi connectivity index (χ3v) is 7.71. The fourth-order valence-electron chi connectivity index (χ4n) is 5.88. The predicted octanol–water partition coefficient (Wildman–Crippen LogP) is 5.12. The number of imidazole rings is 1. The van der Waals surface area contributed by atoms with Gasteiger partial charge in [0.05, 0.1) is 47.3 Å². The van der Waals surface area contributed by atoms with Crippen LogP contribution in [0.3, 0.4) is 0 Å². The van der Waals surface area contributed by atoms with Gasteiger partial charge in [0.1, 0.15) is 0 Å². The van der Waals surface area contributed by atoms with Crippen molar-refractivity contribution < 1.29 is 9.47 Å². The van der Waals surface area contributed by atoms with Crippen molar-refractivity contribution in [3.63, 3.8) is 0 Å². The summed E-state index contributed by atoms with van der Waals surface area (Å²) in [4.78, 5) is 19.2. The number of pyridine rings is 1. The largest absolute Gasteiger partial charge is 0.478 e. The Balaban J connectivity index is 1.23. The zero-order valence-corrected chi connectivity index (χ0v) is 22.8. The lowest BCUT2D eigenvalue weighted by Gasteiger charge is -2.35. The molecule has 2 aliphatic heterocycles. The SMILES string of the molecule is Cc1nc(N2C[C@@H](C)O[C@@H](C)C2)n2c1cnc1ccc(-c3ccc(OCCCN4CCCCC4)nc3)cc12. The quantitative estimate of drug-likeness (QED) is 0.317. The van der Waals surface area contributed by atoms with E-state index >= 15 is 0 Å². The maximum absolute atomic E-state index is 5.98. The standard InChI is InChI=1S/C30H38N6O2/c1-21-19-35(20-22(2)38-21)30-33-23(3)28-18-31-26-10-8-24(16-27(26)36(28)30)25-9-11-29(32-17-25)37-15-7-14-34-12-5-4-6-13-34/h8-11,16-18,21-22H,4-7,12-15,19-20H2,1-3H3/t21-,22+. The highest BCUT2D eigenvalue weighted by molar-refractivity contribution is 5.85. The van der Waals surface area contributed by atoms with Crippen LogP contribution in [0.25, 0.3) is 27.7 Å². The summed E-state index contributed by atoms with van der Waals surface area (Å²) in [7, 11) is 0. The van der Waals surface area contributed by atoms with Crippen LogP contribution in [-0.2, 0) is 4.74 Å². The van der Waals surface area contributed by atoms with Gasteiger partial charge >= 0.3 is 0 Å². The molecule has 3 aromatic heterocycles. The van der Waals surface area contributed by atoms with Crippen molar-refractivity contribution in [2.24, 2.45) is 0 Å². The molecule has 200 valence electrons. The number of aryl methyl sites for hydroxylation is 1. The van der Waals surface area contributed by atoms with Crippen molar-refractivity contribution >= 4 is 22.5 Å². The van der Waals surface area contributed by atoms with Gasteiger partial charge in [0, 0.05) is 37.5 Å². The topological polar surface area (TPSA) is 68.0 Å². The highest BCUT2D eigenvalue weighted by atomic mass is 16.5. The lowest BCUT2D eigenvalue weighted by Crippen LogP contribution is -2.46. The average molecular weight is 515 g/mol. The minimum Gasteiger partial charge on any atom is -0.478 e. The van der Waals surface area contributed by atoms with Gasteiger partial charge in [0.25, 0.3) is 0 Å². The van der Waals surface area contributed by atoms with E-state index < -0.39 is 0 Å². The van der Waals surface area contributed by atoms with E-state index in [1.54, 1.807) is 0 Å². The van der Waals surface area contributed by atoms with Crippen molar-refractivity contribution in [2.45, 2.75) is 58.7 Å². The number of hydrogen-bond donors (Lipinski definition) is 0. The van der Waals surface area contributed by atoms with E-state index in [4.69, 9.17) is 19.4 Å². The lowest BCUT2D eigenvalue weighted by molar-refractivity contribution is -0.00573. The molecule has 0 amide bonds. The number of ether oxygens (including phenoxy) is 2. The molecular weight excluding hydrogens is 476 g/mol. The molecule has 2 saturated heterocycles. The Morgan fingerprint density at radius 3 is 2.47 bits per heavy atom. The second-order valence-electron chi connectivity index (χ2n) is 10.8. The van der Waals surface area contributed by atoms with Gasteiger partial charge in [-0.15, -0.1) is 0 Å². The number of likely N-dealkylation sites (tertiary alicyclic amines) is 1. The zero-order chi connectivity index (χ0) is 26.1. The first-order valence-corrected chi connectivity index (χ1v) is 14.0. The van der Waals surface area contributed by atoms with Crippen LogP contribution >= 0.6 is 0 Å². The number of nitrogens with zero attached hydrogens (tertiary/aromatic N) is 6. The molecule has 0 spiro atoms. The Morgan fingerprint density at radius 2 is 1.71 bits per heavy atom. The van der Waals surface area contributed by atoms with Gasteiger partial charge in [-0.05, 0) is 76.9 Å². The normalized spacial score (nSPS) is 20.9. The number of hydrogen-bond acceptors (Lipinski definition) is 7. The van der Waals surface area contributed by atoms with Crippen molar-refractivity contribution in [1.29, 1.82) is 0 Å². The van der Waals surface area contributed by atoms with E-state index in [1.807, 2.05) is 18.5 Å². The van der Waals surface area contributed by atoms with Gasteiger partial charge < -0.3 is 19.3 Å². The van der Waals surface area contributed by atoms with Crippen LogP contribution in [0.2, 0.25) is 0 Å². The summed E-state index contributed by atoms with van der Waals surface area (Å²) in [6, 6.07) is 10.5. The number of fused-ring (bicyclic) bond motifs is 3. The average Bonchev–Trinajstić information content (AvgIpc) is 3.28. The van der Waals surface area contributed by atoms with Crippen LogP contribution < -0.4 is 9.64 Å². The fraction of sp³-hybridized carbons (Fsp3) is 0.500. The Hall–Kier alpha value is -3.23. The second kappa shape index (κ2) is 10.9. The molecule has 0 bridgehead atoms. The van der Waals surface area contributed by atoms with Crippen molar-refractivity contribution in [3.8, 4) is 17.0 Å². The Labute approximate surface area is 224 Å². The summed E-state index contributed by atoms with van der Waals surface area (Å²) in [6.07, 6.45) is 9.21. The molecule has 6 rings (SSSR count). The Morgan fingerprint density at radius 1 is 0.921 bits per heavy atom. The molecule has 38 heavy (non-hydrogen) atoms. The molecule has 8 nitrogen and oxygen atoms in total. The van der Waals surface area contributed by atoms with Gasteiger partial charge in [-0.3, -0.25) is 9.38 Å². The summed E-state index contributed by atoms with van der Waals surface area (Å²) in [5, 5.41) is 0. The van der Waals surface area contributed by atoms with Crippen LogP contribution in [0.1, 0.15) is 45.2 Å². The summed E-state index contributed by atoms with van der Waals surface area (Å²) >= 11 is 0. The number of anilines is 1. The molecule has 2 atom stereocenters. The second-order valence-corrected chi connectivity index (χ2v) is 10.8. The van der Waals surface area contributed by atoms with Gasteiger partial charge in [0.15, 0.2) is 0 Å². The number of benzene rings is 1. The Kier molecular flexibility index (Phi) is 7.17. The number of aromatic nitrogens is 4. The third-order valence-electron chi connectivity index (χ3n) is 7.71. The minimum absolute atomic E-state index is 0.159. The Bertz CT molecular complexity index is 1390. The highest BCUT2D eigenvalue weighted by Gasteiger charge is 2.26.